The Labute approximate surface area is 130 Å². The molecule has 0 aromatic heterocycles. The molecule has 1 aromatic rings. The SMILES string of the molecule is O=C(Nc1ccc(Cl)c(Cl)c1)[C@@H]1[C@@H](C(=O)O)[C@H]2C=C[C@@H]1O2. The summed E-state index contributed by atoms with van der Waals surface area (Å²) >= 11 is 11.7. The third kappa shape index (κ3) is 2.52. The number of anilines is 1. The molecule has 5 nitrogen and oxygen atoms in total. The molecule has 1 fully saturated rings. The molecule has 2 heterocycles. The number of hydrogen-bond acceptors (Lipinski definition) is 3. The molecule has 0 saturated carbocycles. The molecule has 110 valence electrons. The van der Waals surface area contributed by atoms with Crippen molar-refractivity contribution in [2.24, 2.45) is 11.8 Å². The van der Waals surface area contributed by atoms with E-state index in [0.717, 1.165) is 0 Å². The normalized spacial score (nSPS) is 29.6. The summed E-state index contributed by atoms with van der Waals surface area (Å²) in [5, 5.41) is 12.6. The average molecular weight is 328 g/mol. The van der Waals surface area contributed by atoms with Crippen LogP contribution in [-0.4, -0.2) is 29.2 Å². The second kappa shape index (κ2) is 5.33. The fourth-order valence-electron chi connectivity index (χ4n) is 2.71. The third-order valence-corrected chi connectivity index (χ3v) is 4.41. The minimum atomic E-state index is -1.04. The predicted molar refractivity (Wildman–Crippen MR) is 77.5 cm³/mol. The van der Waals surface area contributed by atoms with E-state index in [0.29, 0.717) is 15.7 Å². The summed E-state index contributed by atoms with van der Waals surface area (Å²) in [6.45, 7) is 0. The standard InChI is InChI=1S/C14H11Cl2NO4/c15-7-2-1-6(5-8(7)16)17-13(18)11-9-3-4-10(21-9)12(11)14(19)20/h1-5,9-12H,(H,17,18)(H,19,20)/t9-,10+,11-,12-/m0/s1. The lowest BCUT2D eigenvalue weighted by Gasteiger charge is -2.21. The van der Waals surface area contributed by atoms with E-state index in [9.17, 15) is 14.7 Å². The second-order valence-corrected chi connectivity index (χ2v) is 5.77. The summed E-state index contributed by atoms with van der Waals surface area (Å²) < 4.78 is 5.46. The van der Waals surface area contributed by atoms with Crippen LogP contribution in [0.25, 0.3) is 0 Å². The van der Waals surface area contributed by atoms with Gasteiger partial charge in [-0.05, 0) is 18.2 Å². The number of hydrogen-bond donors (Lipinski definition) is 2. The number of carbonyl (C=O) groups excluding carboxylic acids is 1. The highest BCUT2D eigenvalue weighted by Crippen LogP contribution is 2.40. The van der Waals surface area contributed by atoms with Gasteiger partial charge in [0.05, 0.1) is 28.2 Å². The molecule has 0 radical (unpaired) electrons. The number of rotatable bonds is 3. The van der Waals surface area contributed by atoms with Gasteiger partial charge in [0.25, 0.3) is 0 Å². The van der Waals surface area contributed by atoms with Gasteiger partial charge in [-0.3, -0.25) is 9.59 Å². The molecule has 3 rings (SSSR count). The van der Waals surface area contributed by atoms with Gasteiger partial charge in [-0.25, -0.2) is 0 Å². The molecule has 1 saturated heterocycles. The van der Waals surface area contributed by atoms with Crippen LogP contribution in [0.1, 0.15) is 0 Å². The highest BCUT2D eigenvalue weighted by Gasteiger charge is 2.53. The quantitative estimate of drug-likeness (QED) is 0.836. The van der Waals surface area contributed by atoms with E-state index in [2.05, 4.69) is 5.32 Å². The van der Waals surface area contributed by atoms with Gasteiger partial charge in [-0.2, -0.15) is 0 Å². The predicted octanol–water partition coefficient (Wildman–Crippen LogP) is 2.59. The Bertz CT molecular complexity index is 646. The van der Waals surface area contributed by atoms with Crippen molar-refractivity contribution in [2.75, 3.05) is 5.32 Å². The van der Waals surface area contributed by atoms with E-state index in [4.69, 9.17) is 27.9 Å². The van der Waals surface area contributed by atoms with Gasteiger partial charge in [0, 0.05) is 5.69 Å². The molecule has 1 aromatic carbocycles. The minimum absolute atomic E-state index is 0.313. The molecule has 2 bridgehead atoms. The first kappa shape index (κ1) is 14.4. The van der Waals surface area contributed by atoms with Crippen LogP contribution in [0.4, 0.5) is 5.69 Å². The van der Waals surface area contributed by atoms with E-state index in [1.54, 1.807) is 24.3 Å². The van der Waals surface area contributed by atoms with Crippen molar-refractivity contribution >= 4 is 40.8 Å². The zero-order valence-electron chi connectivity index (χ0n) is 10.6. The van der Waals surface area contributed by atoms with Gasteiger partial charge in [-0.15, -0.1) is 0 Å². The molecule has 0 unspecified atom stereocenters. The third-order valence-electron chi connectivity index (χ3n) is 3.67. The molecule has 7 heteroatoms. The number of aliphatic carboxylic acids is 1. The van der Waals surface area contributed by atoms with Crippen molar-refractivity contribution in [3.8, 4) is 0 Å². The van der Waals surface area contributed by atoms with E-state index < -0.39 is 35.9 Å². The highest BCUT2D eigenvalue weighted by atomic mass is 35.5. The van der Waals surface area contributed by atoms with Crippen LogP contribution in [0.5, 0.6) is 0 Å². The molecule has 0 aliphatic carbocycles. The molecule has 21 heavy (non-hydrogen) atoms. The number of ether oxygens (including phenoxy) is 1. The number of amides is 1. The fraction of sp³-hybridized carbons (Fsp3) is 0.286. The first-order chi connectivity index (χ1) is 9.97. The molecule has 2 aliphatic heterocycles. The Kier molecular flexibility index (Phi) is 3.65. The lowest BCUT2D eigenvalue weighted by Crippen LogP contribution is -2.39. The molecular formula is C14H11Cl2NO4. The average Bonchev–Trinajstić information content (AvgIpc) is 3.03. The van der Waals surface area contributed by atoms with Gasteiger partial charge >= 0.3 is 5.97 Å². The maximum atomic E-state index is 12.4. The second-order valence-electron chi connectivity index (χ2n) is 4.96. The number of carboxylic acids is 1. The monoisotopic (exact) mass is 327 g/mol. The molecular weight excluding hydrogens is 317 g/mol. The Morgan fingerprint density at radius 1 is 1.10 bits per heavy atom. The van der Waals surface area contributed by atoms with Crippen molar-refractivity contribution in [3.05, 3.63) is 40.4 Å². The van der Waals surface area contributed by atoms with Gasteiger partial charge in [0.15, 0.2) is 0 Å². The van der Waals surface area contributed by atoms with Crippen LogP contribution >= 0.6 is 23.2 Å². The zero-order valence-corrected chi connectivity index (χ0v) is 12.1. The summed E-state index contributed by atoms with van der Waals surface area (Å²) in [6.07, 6.45) is 2.37. The Morgan fingerprint density at radius 3 is 2.38 bits per heavy atom. The molecule has 2 N–H and O–H groups in total. The van der Waals surface area contributed by atoms with E-state index in [1.807, 2.05) is 0 Å². The first-order valence-electron chi connectivity index (χ1n) is 6.30. The van der Waals surface area contributed by atoms with Crippen molar-refractivity contribution in [1.82, 2.24) is 0 Å². The Morgan fingerprint density at radius 2 is 1.76 bits per heavy atom. The molecule has 2 aliphatic rings. The van der Waals surface area contributed by atoms with Crippen LogP contribution in [0, 0.1) is 11.8 Å². The summed E-state index contributed by atoms with van der Waals surface area (Å²) in [7, 11) is 0. The Balaban J connectivity index is 1.80. The zero-order chi connectivity index (χ0) is 15.1. The molecule has 4 atom stereocenters. The Hall–Kier alpha value is -1.56. The number of carboxylic acid groups (broad SMARTS) is 1. The maximum Gasteiger partial charge on any atom is 0.310 e. The van der Waals surface area contributed by atoms with Crippen LogP contribution in [-0.2, 0) is 14.3 Å². The molecule has 0 spiro atoms. The van der Waals surface area contributed by atoms with Gasteiger partial charge in [0.1, 0.15) is 5.92 Å². The summed E-state index contributed by atoms with van der Waals surface area (Å²) in [4.78, 5) is 23.7. The van der Waals surface area contributed by atoms with Gasteiger partial charge in [-0.1, -0.05) is 35.4 Å². The number of benzene rings is 1. The largest absolute Gasteiger partial charge is 0.481 e. The van der Waals surface area contributed by atoms with E-state index in [-0.39, 0.29) is 0 Å². The summed E-state index contributed by atoms with van der Waals surface area (Å²) in [5.41, 5.74) is 0.463. The fourth-order valence-corrected chi connectivity index (χ4v) is 3.01. The van der Waals surface area contributed by atoms with Gasteiger partial charge in [0.2, 0.25) is 5.91 Å². The smallest absolute Gasteiger partial charge is 0.310 e. The number of fused-ring (bicyclic) bond motifs is 2. The lowest BCUT2D eigenvalue weighted by molar-refractivity contribution is -0.145. The lowest BCUT2D eigenvalue weighted by atomic mass is 9.82. The van der Waals surface area contributed by atoms with Crippen molar-refractivity contribution in [2.45, 2.75) is 12.2 Å². The van der Waals surface area contributed by atoms with Crippen molar-refractivity contribution in [3.63, 3.8) is 0 Å². The summed E-state index contributed by atoms with van der Waals surface area (Å²) in [6, 6.07) is 4.68. The van der Waals surface area contributed by atoms with E-state index in [1.165, 1.54) is 6.07 Å². The molecule has 1 amide bonds. The van der Waals surface area contributed by atoms with E-state index >= 15 is 0 Å². The highest BCUT2D eigenvalue weighted by molar-refractivity contribution is 6.42. The first-order valence-corrected chi connectivity index (χ1v) is 7.05. The van der Waals surface area contributed by atoms with Gasteiger partial charge < -0.3 is 15.2 Å². The van der Waals surface area contributed by atoms with Crippen LogP contribution in [0.2, 0.25) is 10.0 Å². The van der Waals surface area contributed by atoms with Crippen LogP contribution in [0.3, 0.4) is 0 Å². The van der Waals surface area contributed by atoms with Crippen LogP contribution in [0.15, 0.2) is 30.4 Å². The number of halogens is 2. The maximum absolute atomic E-state index is 12.4. The topological polar surface area (TPSA) is 75.6 Å². The minimum Gasteiger partial charge on any atom is -0.481 e. The number of nitrogens with one attached hydrogen (secondary N) is 1. The van der Waals surface area contributed by atoms with Crippen LogP contribution < -0.4 is 5.32 Å². The van der Waals surface area contributed by atoms with Crippen molar-refractivity contribution in [1.29, 1.82) is 0 Å². The van der Waals surface area contributed by atoms with Crippen molar-refractivity contribution < 1.29 is 19.4 Å². The number of carbonyl (C=O) groups is 2. The summed E-state index contributed by atoms with van der Waals surface area (Å²) in [5.74, 6) is -3.08.